The molecule has 3 aliphatic rings. The Hall–Kier alpha value is -1.29. The molecule has 2 saturated heterocycles. The molecular weight excluding hydrogens is 262 g/mol. The molecule has 3 fully saturated rings. The van der Waals surface area contributed by atoms with Crippen LogP contribution in [0.4, 0.5) is 0 Å². The highest BCUT2D eigenvalue weighted by Gasteiger charge is 2.38. The Bertz CT molecular complexity index is 522. The number of carbonyl (C=O) groups excluding carboxylic acids is 1. The van der Waals surface area contributed by atoms with Gasteiger partial charge in [-0.25, -0.2) is 0 Å². The summed E-state index contributed by atoms with van der Waals surface area (Å²) in [4.78, 5) is 15.1. The van der Waals surface area contributed by atoms with E-state index in [1.807, 2.05) is 12.1 Å². The topological polar surface area (TPSA) is 37.3 Å². The van der Waals surface area contributed by atoms with Crippen molar-refractivity contribution >= 4 is 5.91 Å². The van der Waals surface area contributed by atoms with Crippen molar-refractivity contribution in [3.8, 4) is 0 Å². The van der Waals surface area contributed by atoms with E-state index >= 15 is 0 Å². The summed E-state index contributed by atoms with van der Waals surface area (Å²) in [5, 5.41) is 3.67. The van der Waals surface area contributed by atoms with E-state index in [0.29, 0.717) is 24.2 Å². The molecule has 2 aliphatic heterocycles. The maximum atomic E-state index is 13.0. The van der Waals surface area contributed by atoms with Crippen molar-refractivity contribution in [1.82, 2.24) is 14.8 Å². The van der Waals surface area contributed by atoms with Gasteiger partial charge in [0.1, 0.15) is 5.69 Å². The number of piperidine rings is 1. The molecule has 3 heterocycles. The van der Waals surface area contributed by atoms with Gasteiger partial charge in [-0.05, 0) is 57.6 Å². The first-order chi connectivity index (χ1) is 10.3. The lowest BCUT2D eigenvalue weighted by Crippen LogP contribution is -2.50. The summed E-state index contributed by atoms with van der Waals surface area (Å²) in [5.41, 5.74) is 0.894. The van der Waals surface area contributed by atoms with Gasteiger partial charge in [0, 0.05) is 36.9 Å². The molecule has 114 valence electrons. The molecule has 4 heteroatoms. The third-order valence-electron chi connectivity index (χ3n) is 5.43. The molecule has 21 heavy (non-hydrogen) atoms. The van der Waals surface area contributed by atoms with Crippen LogP contribution in [0.2, 0.25) is 0 Å². The van der Waals surface area contributed by atoms with E-state index in [-0.39, 0.29) is 5.91 Å². The molecule has 0 spiro atoms. The first-order valence-electron chi connectivity index (χ1n) is 8.50. The van der Waals surface area contributed by atoms with Crippen molar-refractivity contribution < 1.29 is 4.79 Å². The van der Waals surface area contributed by atoms with Gasteiger partial charge in [0.25, 0.3) is 5.91 Å². The normalized spacial score (nSPS) is 31.4. The van der Waals surface area contributed by atoms with Gasteiger partial charge in [0.15, 0.2) is 0 Å². The monoisotopic (exact) mass is 287 g/mol. The summed E-state index contributed by atoms with van der Waals surface area (Å²) in [6.07, 6.45) is 9.33. The van der Waals surface area contributed by atoms with Gasteiger partial charge in [0.05, 0.1) is 0 Å². The van der Waals surface area contributed by atoms with Crippen LogP contribution >= 0.6 is 0 Å². The molecule has 0 radical (unpaired) electrons. The van der Waals surface area contributed by atoms with Crippen LogP contribution in [0, 0.1) is 0 Å². The highest BCUT2D eigenvalue weighted by atomic mass is 16.2. The Morgan fingerprint density at radius 3 is 2.62 bits per heavy atom. The summed E-state index contributed by atoms with van der Waals surface area (Å²) in [7, 11) is 0. The van der Waals surface area contributed by atoms with Crippen molar-refractivity contribution in [1.29, 1.82) is 0 Å². The van der Waals surface area contributed by atoms with Crippen LogP contribution in [0.25, 0.3) is 0 Å². The smallest absolute Gasteiger partial charge is 0.270 e. The average molecular weight is 287 g/mol. The molecule has 1 aromatic heterocycles. The molecule has 1 aromatic rings. The average Bonchev–Trinajstić information content (AvgIpc) is 3.12. The minimum atomic E-state index is 0.237. The van der Waals surface area contributed by atoms with Crippen LogP contribution in [-0.4, -0.2) is 40.0 Å². The highest BCUT2D eigenvalue weighted by molar-refractivity contribution is 5.93. The van der Waals surface area contributed by atoms with E-state index < -0.39 is 0 Å². The number of rotatable bonds is 4. The SMILES string of the molecule is CCN(C(=O)c1cccn1C1CC1)C1CC2CCC(C1)N2. The molecule has 0 aromatic carbocycles. The van der Waals surface area contributed by atoms with E-state index in [1.54, 1.807) is 0 Å². The number of carbonyl (C=O) groups is 1. The summed E-state index contributed by atoms with van der Waals surface area (Å²) < 4.78 is 2.20. The van der Waals surface area contributed by atoms with Gasteiger partial charge in [-0.3, -0.25) is 4.79 Å². The lowest BCUT2D eigenvalue weighted by Gasteiger charge is -2.37. The second kappa shape index (κ2) is 5.16. The number of fused-ring (bicyclic) bond motifs is 2. The zero-order valence-electron chi connectivity index (χ0n) is 12.8. The van der Waals surface area contributed by atoms with Crippen molar-refractivity contribution in [2.45, 2.75) is 69.6 Å². The van der Waals surface area contributed by atoms with Gasteiger partial charge in [-0.15, -0.1) is 0 Å². The fourth-order valence-electron chi connectivity index (χ4n) is 4.24. The van der Waals surface area contributed by atoms with Crippen molar-refractivity contribution in [3.63, 3.8) is 0 Å². The van der Waals surface area contributed by atoms with E-state index in [2.05, 4.69) is 27.9 Å². The summed E-state index contributed by atoms with van der Waals surface area (Å²) in [6.45, 7) is 2.94. The summed E-state index contributed by atoms with van der Waals surface area (Å²) in [5.74, 6) is 0.237. The molecule has 1 amide bonds. The molecule has 2 unspecified atom stereocenters. The Labute approximate surface area is 126 Å². The largest absolute Gasteiger partial charge is 0.340 e. The van der Waals surface area contributed by atoms with Gasteiger partial charge >= 0.3 is 0 Å². The van der Waals surface area contributed by atoms with Crippen molar-refractivity contribution in [3.05, 3.63) is 24.0 Å². The zero-order valence-corrected chi connectivity index (χ0v) is 12.8. The molecule has 1 saturated carbocycles. The lowest BCUT2D eigenvalue weighted by atomic mass is 9.98. The van der Waals surface area contributed by atoms with E-state index in [9.17, 15) is 4.79 Å². The number of aromatic nitrogens is 1. The fraction of sp³-hybridized carbons (Fsp3) is 0.706. The summed E-state index contributed by atoms with van der Waals surface area (Å²) >= 11 is 0. The highest BCUT2D eigenvalue weighted by Crippen LogP contribution is 2.37. The lowest BCUT2D eigenvalue weighted by molar-refractivity contribution is 0.0620. The third kappa shape index (κ3) is 2.39. The molecule has 1 aliphatic carbocycles. The number of hydrogen-bond donors (Lipinski definition) is 1. The molecule has 1 N–H and O–H groups in total. The first kappa shape index (κ1) is 13.4. The molecule has 4 rings (SSSR count). The molecule has 2 atom stereocenters. The quantitative estimate of drug-likeness (QED) is 0.924. The van der Waals surface area contributed by atoms with Gasteiger partial charge in [-0.1, -0.05) is 0 Å². The predicted octanol–water partition coefficient (Wildman–Crippen LogP) is 2.57. The number of amides is 1. The number of nitrogens with one attached hydrogen (secondary N) is 1. The van der Waals surface area contributed by atoms with Gasteiger partial charge in [0.2, 0.25) is 0 Å². The van der Waals surface area contributed by atoms with E-state index in [0.717, 1.165) is 25.1 Å². The van der Waals surface area contributed by atoms with Gasteiger partial charge < -0.3 is 14.8 Å². The summed E-state index contributed by atoms with van der Waals surface area (Å²) in [6, 6.07) is 6.27. The first-order valence-corrected chi connectivity index (χ1v) is 8.50. The van der Waals surface area contributed by atoms with Crippen LogP contribution in [0.1, 0.15) is 62.0 Å². The van der Waals surface area contributed by atoms with Crippen LogP contribution in [0.15, 0.2) is 18.3 Å². The number of hydrogen-bond acceptors (Lipinski definition) is 2. The Morgan fingerprint density at radius 1 is 1.29 bits per heavy atom. The maximum Gasteiger partial charge on any atom is 0.270 e. The predicted molar refractivity (Wildman–Crippen MR) is 82.4 cm³/mol. The van der Waals surface area contributed by atoms with E-state index in [4.69, 9.17) is 0 Å². The third-order valence-corrected chi connectivity index (χ3v) is 5.43. The maximum absolute atomic E-state index is 13.0. The van der Waals surface area contributed by atoms with Crippen LogP contribution in [0.5, 0.6) is 0 Å². The van der Waals surface area contributed by atoms with E-state index in [1.165, 1.54) is 25.7 Å². The second-order valence-electron chi connectivity index (χ2n) is 6.89. The Balaban J connectivity index is 1.54. The van der Waals surface area contributed by atoms with Crippen LogP contribution < -0.4 is 5.32 Å². The minimum absolute atomic E-state index is 0.237. The van der Waals surface area contributed by atoms with Crippen molar-refractivity contribution in [2.75, 3.05) is 6.54 Å². The molecular formula is C17H25N3O. The van der Waals surface area contributed by atoms with Gasteiger partial charge in [-0.2, -0.15) is 0 Å². The molecule has 2 bridgehead atoms. The number of nitrogens with zero attached hydrogens (tertiary/aromatic N) is 2. The molecule has 4 nitrogen and oxygen atoms in total. The Kier molecular flexibility index (Phi) is 3.29. The van der Waals surface area contributed by atoms with Crippen LogP contribution in [0.3, 0.4) is 0 Å². The zero-order chi connectivity index (χ0) is 14.4. The second-order valence-corrected chi connectivity index (χ2v) is 6.89. The van der Waals surface area contributed by atoms with Crippen molar-refractivity contribution in [2.24, 2.45) is 0 Å². The fourth-order valence-corrected chi connectivity index (χ4v) is 4.24. The minimum Gasteiger partial charge on any atom is -0.340 e. The Morgan fingerprint density at radius 2 is 2.00 bits per heavy atom. The van der Waals surface area contributed by atoms with Crippen LogP contribution in [-0.2, 0) is 0 Å². The standard InChI is InChI=1S/C17H25N3O/c1-2-19(15-10-12-5-6-13(11-15)18-12)17(21)16-4-3-9-20(16)14-7-8-14/h3-4,9,12-15,18H,2,5-8,10-11H2,1H3.